The highest BCUT2D eigenvalue weighted by atomic mass is 16.4. The molecule has 2 rings (SSSR count). The van der Waals surface area contributed by atoms with Gasteiger partial charge >= 0.3 is 5.97 Å². The van der Waals surface area contributed by atoms with E-state index in [0.29, 0.717) is 16.7 Å². The third kappa shape index (κ3) is 2.78. The summed E-state index contributed by atoms with van der Waals surface area (Å²) in [6.45, 7) is 3.49. The molecule has 0 saturated heterocycles. The van der Waals surface area contributed by atoms with Crippen LogP contribution in [-0.4, -0.2) is 23.0 Å². The number of amides is 1. The van der Waals surface area contributed by atoms with E-state index in [-0.39, 0.29) is 17.5 Å². The largest absolute Gasteiger partial charge is 0.478 e. The predicted molar refractivity (Wildman–Crippen MR) is 72.6 cm³/mol. The Bertz CT molecular complexity index is 516. The predicted octanol–water partition coefficient (Wildman–Crippen LogP) is 2.67. The molecule has 4 nitrogen and oxygen atoms in total. The summed E-state index contributed by atoms with van der Waals surface area (Å²) in [5.41, 5.74) is 1.75. The quantitative estimate of drug-likeness (QED) is 0.879. The van der Waals surface area contributed by atoms with Crippen molar-refractivity contribution in [3.8, 4) is 0 Å². The van der Waals surface area contributed by atoms with Crippen LogP contribution in [0, 0.1) is 13.8 Å². The molecule has 102 valence electrons. The fraction of sp³-hybridized carbons (Fsp3) is 0.467. The lowest BCUT2D eigenvalue weighted by atomic mass is 9.96. The minimum atomic E-state index is -1.04. The lowest BCUT2D eigenvalue weighted by Gasteiger charge is -2.16. The smallest absolute Gasteiger partial charge is 0.336 e. The summed E-state index contributed by atoms with van der Waals surface area (Å²) in [6.07, 6.45) is 4.23. The molecular formula is C15H19NO3. The number of hydrogen-bond donors (Lipinski definition) is 2. The van der Waals surface area contributed by atoms with Gasteiger partial charge < -0.3 is 10.4 Å². The fourth-order valence-electron chi connectivity index (χ4n) is 2.71. The summed E-state index contributed by atoms with van der Waals surface area (Å²) in [4.78, 5) is 23.7. The second-order valence-electron chi connectivity index (χ2n) is 5.21. The number of aromatic carboxylic acids is 1. The van der Waals surface area contributed by atoms with E-state index < -0.39 is 5.97 Å². The summed E-state index contributed by atoms with van der Waals surface area (Å²) >= 11 is 0. The number of carbonyl (C=O) groups excluding carboxylic acids is 1. The monoisotopic (exact) mass is 261 g/mol. The molecule has 0 aliphatic heterocycles. The molecule has 0 aromatic heterocycles. The van der Waals surface area contributed by atoms with Crippen molar-refractivity contribution in [3.63, 3.8) is 0 Å². The summed E-state index contributed by atoms with van der Waals surface area (Å²) in [7, 11) is 0. The number of hydrogen-bond acceptors (Lipinski definition) is 2. The van der Waals surface area contributed by atoms with Gasteiger partial charge in [-0.25, -0.2) is 4.79 Å². The standard InChI is InChI=1S/C15H19NO3/c1-9-7-8-10(2)13(15(18)19)12(9)14(17)16-11-5-3-4-6-11/h7-8,11H,3-6H2,1-2H3,(H,16,17)(H,18,19). The Kier molecular flexibility index (Phi) is 3.88. The first kappa shape index (κ1) is 13.6. The van der Waals surface area contributed by atoms with Crippen LogP contribution in [-0.2, 0) is 0 Å². The van der Waals surface area contributed by atoms with Crippen LogP contribution in [0.4, 0.5) is 0 Å². The van der Waals surface area contributed by atoms with Crippen molar-refractivity contribution in [2.75, 3.05) is 0 Å². The average Bonchev–Trinajstić information content (AvgIpc) is 2.83. The minimum absolute atomic E-state index is 0.121. The van der Waals surface area contributed by atoms with Gasteiger partial charge in [0.15, 0.2) is 0 Å². The number of rotatable bonds is 3. The van der Waals surface area contributed by atoms with E-state index in [1.165, 1.54) is 0 Å². The Hall–Kier alpha value is -1.84. The van der Waals surface area contributed by atoms with Crippen molar-refractivity contribution >= 4 is 11.9 Å². The van der Waals surface area contributed by atoms with Crippen LogP contribution < -0.4 is 5.32 Å². The maximum absolute atomic E-state index is 12.3. The van der Waals surface area contributed by atoms with Gasteiger partial charge in [-0.3, -0.25) is 4.79 Å². The number of benzene rings is 1. The van der Waals surface area contributed by atoms with E-state index in [2.05, 4.69) is 5.32 Å². The maximum Gasteiger partial charge on any atom is 0.336 e. The number of aryl methyl sites for hydroxylation is 2. The molecule has 0 bridgehead atoms. The van der Waals surface area contributed by atoms with Crippen LogP contribution in [0.3, 0.4) is 0 Å². The number of carboxylic acids is 1. The Labute approximate surface area is 112 Å². The summed E-state index contributed by atoms with van der Waals surface area (Å²) in [5.74, 6) is -1.30. The summed E-state index contributed by atoms with van der Waals surface area (Å²) in [5, 5.41) is 12.3. The first-order valence-electron chi connectivity index (χ1n) is 6.65. The first-order valence-corrected chi connectivity index (χ1v) is 6.65. The Balaban J connectivity index is 2.34. The SMILES string of the molecule is Cc1ccc(C)c(C(=O)NC2CCCC2)c1C(=O)O. The van der Waals surface area contributed by atoms with Crippen molar-refractivity contribution < 1.29 is 14.7 Å². The normalized spacial score (nSPS) is 15.5. The van der Waals surface area contributed by atoms with E-state index in [1.54, 1.807) is 26.0 Å². The number of carboxylic acid groups (broad SMARTS) is 1. The van der Waals surface area contributed by atoms with Crippen LogP contribution >= 0.6 is 0 Å². The summed E-state index contributed by atoms with van der Waals surface area (Å²) < 4.78 is 0. The zero-order valence-electron chi connectivity index (χ0n) is 11.3. The molecule has 1 aliphatic rings. The van der Waals surface area contributed by atoms with Crippen LogP contribution in [0.2, 0.25) is 0 Å². The molecule has 1 aromatic rings. The molecule has 4 heteroatoms. The maximum atomic E-state index is 12.3. The fourth-order valence-corrected chi connectivity index (χ4v) is 2.71. The molecule has 1 saturated carbocycles. The van der Waals surface area contributed by atoms with E-state index in [4.69, 9.17) is 0 Å². The van der Waals surface area contributed by atoms with Crippen molar-refractivity contribution in [3.05, 3.63) is 34.4 Å². The Morgan fingerprint density at radius 3 is 2.16 bits per heavy atom. The second kappa shape index (κ2) is 5.43. The molecule has 1 amide bonds. The third-order valence-corrected chi connectivity index (χ3v) is 3.75. The van der Waals surface area contributed by atoms with E-state index in [1.807, 2.05) is 0 Å². The van der Waals surface area contributed by atoms with Crippen LogP contribution in [0.1, 0.15) is 57.5 Å². The highest BCUT2D eigenvalue weighted by molar-refractivity contribution is 6.06. The molecule has 1 fully saturated rings. The van der Waals surface area contributed by atoms with E-state index in [9.17, 15) is 14.7 Å². The van der Waals surface area contributed by atoms with Crippen LogP contribution in [0.5, 0.6) is 0 Å². The zero-order chi connectivity index (χ0) is 14.0. The Morgan fingerprint density at radius 1 is 1.11 bits per heavy atom. The molecular weight excluding hydrogens is 242 g/mol. The summed E-state index contributed by atoms with van der Waals surface area (Å²) in [6, 6.07) is 3.73. The van der Waals surface area contributed by atoms with Gasteiger partial charge in [0, 0.05) is 6.04 Å². The highest BCUT2D eigenvalue weighted by Crippen LogP contribution is 2.22. The average molecular weight is 261 g/mol. The van der Waals surface area contributed by atoms with Gasteiger partial charge in [0.2, 0.25) is 0 Å². The van der Waals surface area contributed by atoms with Crippen molar-refractivity contribution in [1.82, 2.24) is 5.32 Å². The number of carbonyl (C=O) groups is 2. The molecule has 1 aromatic carbocycles. The van der Waals surface area contributed by atoms with E-state index >= 15 is 0 Å². The first-order chi connectivity index (χ1) is 9.00. The second-order valence-corrected chi connectivity index (χ2v) is 5.21. The molecule has 0 heterocycles. The molecule has 0 radical (unpaired) electrons. The minimum Gasteiger partial charge on any atom is -0.478 e. The highest BCUT2D eigenvalue weighted by Gasteiger charge is 2.24. The third-order valence-electron chi connectivity index (χ3n) is 3.75. The lowest BCUT2D eigenvalue weighted by molar-refractivity contribution is 0.0689. The molecule has 0 atom stereocenters. The molecule has 2 N–H and O–H groups in total. The van der Waals surface area contributed by atoms with Gasteiger partial charge in [0.05, 0.1) is 11.1 Å². The Morgan fingerprint density at radius 2 is 1.63 bits per heavy atom. The number of nitrogens with one attached hydrogen (secondary N) is 1. The van der Waals surface area contributed by atoms with Crippen molar-refractivity contribution in [2.45, 2.75) is 45.6 Å². The van der Waals surface area contributed by atoms with E-state index in [0.717, 1.165) is 25.7 Å². The topological polar surface area (TPSA) is 66.4 Å². The lowest BCUT2D eigenvalue weighted by Crippen LogP contribution is -2.34. The molecule has 19 heavy (non-hydrogen) atoms. The van der Waals surface area contributed by atoms with Gasteiger partial charge in [0.25, 0.3) is 5.91 Å². The van der Waals surface area contributed by atoms with Crippen molar-refractivity contribution in [1.29, 1.82) is 0 Å². The van der Waals surface area contributed by atoms with Gasteiger partial charge in [-0.05, 0) is 37.8 Å². The van der Waals surface area contributed by atoms with Crippen LogP contribution in [0.15, 0.2) is 12.1 Å². The van der Waals surface area contributed by atoms with Crippen LogP contribution in [0.25, 0.3) is 0 Å². The van der Waals surface area contributed by atoms with Gasteiger partial charge in [-0.15, -0.1) is 0 Å². The zero-order valence-corrected chi connectivity index (χ0v) is 11.3. The molecule has 0 unspecified atom stereocenters. The van der Waals surface area contributed by atoms with Gasteiger partial charge in [-0.2, -0.15) is 0 Å². The molecule has 1 aliphatic carbocycles. The molecule has 0 spiro atoms. The van der Waals surface area contributed by atoms with Gasteiger partial charge in [0.1, 0.15) is 0 Å². The van der Waals surface area contributed by atoms with Gasteiger partial charge in [-0.1, -0.05) is 25.0 Å². The van der Waals surface area contributed by atoms with Crippen molar-refractivity contribution in [2.24, 2.45) is 0 Å².